The van der Waals surface area contributed by atoms with E-state index in [9.17, 15) is 0 Å². The maximum atomic E-state index is 5.31. The van der Waals surface area contributed by atoms with Gasteiger partial charge in [-0.1, -0.05) is 32.3 Å². The molecular formula is C17H26BrNO. The Morgan fingerprint density at radius 3 is 2.75 bits per heavy atom. The normalized spacial score (nSPS) is 23.4. The predicted molar refractivity (Wildman–Crippen MR) is 88.4 cm³/mol. The molecule has 0 radical (unpaired) electrons. The molecule has 2 unspecified atom stereocenters. The van der Waals surface area contributed by atoms with E-state index in [2.05, 4.69) is 46.4 Å². The first-order chi connectivity index (χ1) is 9.74. The average Bonchev–Trinajstić information content (AvgIpc) is 2.65. The molecule has 0 saturated heterocycles. The molecule has 2 nitrogen and oxygen atoms in total. The lowest BCUT2D eigenvalue weighted by Gasteiger charge is -2.26. The summed E-state index contributed by atoms with van der Waals surface area (Å²) in [5, 5.41) is 3.70. The highest BCUT2D eigenvalue weighted by Crippen LogP contribution is 2.30. The molecule has 0 bridgehead atoms. The number of nitrogens with one attached hydrogen (secondary N) is 1. The highest BCUT2D eigenvalue weighted by molar-refractivity contribution is 9.10. The Labute approximate surface area is 131 Å². The summed E-state index contributed by atoms with van der Waals surface area (Å²) in [6, 6.07) is 7.17. The van der Waals surface area contributed by atoms with E-state index in [-0.39, 0.29) is 0 Å². The lowest BCUT2D eigenvalue weighted by atomic mass is 9.88. The molecule has 3 heteroatoms. The number of benzene rings is 1. The van der Waals surface area contributed by atoms with Crippen LogP contribution in [0, 0.1) is 5.92 Å². The van der Waals surface area contributed by atoms with E-state index in [0.717, 1.165) is 22.7 Å². The summed E-state index contributed by atoms with van der Waals surface area (Å²) in [7, 11) is 1.71. The van der Waals surface area contributed by atoms with E-state index >= 15 is 0 Å². The van der Waals surface area contributed by atoms with Crippen molar-refractivity contribution in [2.45, 2.75) is 51.5 Å². The fourth-order valence-electron chi connectivity index (χ4n) is 3.30. The van der Waals surface area contributed by atoms with Crippen molar-refractivity contribution in [3.63, 3.8) is 0 Å². The van der Waals surface area contributed by atoms with E-state index in [1.54, 1.807) is 7.11 Å². The maximum absolute atomic E-state index is 5.31. The molecule has 1 aromatic rings. The number of hydrogen-bond donors (Lipinski definition) is 1. The highest BCUT2D eigenvalue weighted by Gasteiger charge is 2.23. The van der Waals surface area contributed by atoms with Crippen LogP contribution < -0.4 is 10.1 Å². The molecule has 2 atom stereocenters. The molecule has 0 spiro atoms. The van der Waals surface area contributed by atoms with Crippen molar-refractivity contribution < 1.29 is 4.74 Å². The molecule has 1 fully saturated rings. The number of rotatable bonds is 5. The van der Waals surface area contributed by atoms with Gasteiger partial charge in [-0.25, -0.2) is 0 Å². The molecule has 1 aromatic carbocycles. The first-order valence-corrected chi connectivity index (χ1v) is 8.59. The maximum Gasteiger partial charge on any atom is 0.133 e. The first kappa shape index (κ1) is 15.8. The zero-order chi connectivity index (χ0) is 14.4. The molecule has 2 rings (SSSR count). The van der Waals surface area contributed by atoms with Crippen LogP contribution in [0.15, 0.2) is 22.7 Å². The highest BCUT2D eigenvalue weighted by atomic mass is 79.9. The Bertz CT molecular complexity index is 421. The fourth-order valence-corrected chi connectivity index (χ4v) is 3.89. The Balaban J connectivity index is 2.07. The second kappa shape index (κ2) is 8.04. The minimum Gasteiger partial charge on any atom is -0.496 e. The van der Waals surface area contributed by atoms with Crippen molar-refractivity contribution in [2.75, 3.05) is 13.7 Å². The molecule has 1 N–H and O–H groups in total. The van der Waals surface area contributed by atoms with Gasteiger partial charge in [0, 0.05) is 6.04 Å². The van der Waals surface area contributed by atoms with Crippen LogP contribution >= 0.6 is 15.9 Å². The SMILES string of the molecule is CCNC1CCCCCC1Cc1ccc(OC)c(Br)c1. The van der Waals surface area contributed by atoms with Crippen LogP contribution in [0.1, 0.15) is 44.6 Å². The van der Waals surface area contributed by atoms with E-state index in [1.165, 1.54) is 44.1 Å². The summed E-state index contributed by atoms with van der Waals surface area (Å²) < 4.78 is 6.37. The topological polar surface area (TPSA) is 21.3 Å². The molecule has 1 saturated carbocycles. The van der Waals surface area contributed by atoms with Gasteiger partial charge in [0.05, 0.1) is 11.6 Å². The van der Waals surface area contributed by atoms with Crippen LogP contribution in [-0.4, -0.2) is 19.7 Å². The smallest absolute Gasteiger partial charge is 0.133 e. The van der Waals surface area contributed by atoms with Crippen molar-refractivity contribution >= 4 is 15.9 Å². The van der Waals surface area contributed by atoms with E-state index in [4.69, 9.17) is 4.74 Å². The molecule has 112 valence electrons. The molecule has 0 heterocycles. The van der Waals surface area contributed by atoms with Crippen molar-refractivity contribution in [3.8, 4) is 5.75 Å². The van der Waals surface area contributed by atoms with Gasteiger partial charge in [0.1, 0.15) is 5.75 Å². The van der Waals surface area contributed by atoms with Crippen molar-refractivity contribution in [3.05, 3.63) is 28.2 Å². The van der Waals surface area contributed by atoms with Crippen LogP contribution in [0.25, 0.3) is 0 Å². The van der Waals surface area contributed by atoms with Gasteiger partial charge in [0.2, 0.25) is 0 Å². The molecule has 1 aliphatic rings. The van der Waals surface area contributed by atoms with Gasteiger partial charge >= 0.3 is 0 Å². The molecule has 1 aliphatic carbocycles. The largest absolute Gasteiger partial charge is 0.496 e. The van der Waals surface area contributed by atoms with Crippen LogP contribution in [-0.2, 0) is 6.42 Å². The summed E-state index contributed by atoms with van der Waals surface area (Å²) in [6.07, 6.45) is 7.99. The number of halogens is 1. The quantitative estimate of drug-likeness (QED) is 0.794. The Morgan fingerprint density at radius 1 is 1.25 bits per heavy atom. The lowest BCUT2D eigenvalue weighted by molar-refractivity contribution is 0.337. The van der Waals surface area contributed by atoms with E-state index in [1.807, 2.05) is 0 Å². The molecule has 0 aromatic heterocycles. The van der Waals surface area contributed by atoms with Gasteiger partial charge < -0.3 is 10.1 Å². The third kappa shape index (κ3) is 4.23. The Kier molecular flexibility index (Phi) is 6.37. The van der Waals surface area contributed by atoms with Gasteiger partial charge in [-0.05, 0) is 65.4 Å². The van der Waals surface area contributed by atoms with Crippen molar-refractivity contribution in [2.24, 2.45) is 5.92 Å². The number of hydrogen-bond acceptors (Lipinski definition) is 2. The van der Waals surface area contributed by atoms with E-state index in [0.29, 0.717) is 6.04 Å². The average molecular weight is 340 g/mol. The van der Waals surface area contributed by atoms with Gasteiger partial charge in [0.25, 0.3) is 0 Å². The second-order valence-electron chi connectivity index (χ2n) is 5.74. The summed E-state index contributed by atoms with van der Waals surface area (Å²) in [5.41, 5.74) is 1.41. The molecule has 20 heavy (non-hydrogen) atoms. The third-order valence-electron chi connectivity index (χ3n) is 4.34. The van der Waals surface area contributed by atoms with Crippen LogP contribution in [0.5, 0.6) is 5.75 Å². The van der Waals surface area contributed by atoms with Crippen LogP contribution in [0.4, 0.5) is 0 Å². The standard InChI is InChI=1S/C17H26BrNO/c1-3-19-16-8-6-4-5-7-14(16)11-13-9-10-17(20-2)15(18)12-13/h9-10,12,14,16,19H,3-8,11H2,1-2H3. The van der Waals surface area contributed by atoms with Gasteiger partial charge in [-0.3, -0.25) is 0 Å². The predicted octanol–water partition coefficient (Wildman–Crippen LogP) is 4.56. The van der Waals surface area contributed by atoms with Crippen LogP contribution in [0.2, 0.25) is 0 Å². The fraction of sp³-hybridized carbons (Fsp3) is 0.647. The summed E-state index contributed by atoms with van der Waals surface area (Å²) >= 11 is 3.59. The van der Waals surface area contributed by atoms with Crippen molar-refractivity contribution in [1.29, 1.82) is 0 Å². The Morgan fingerprint density at radius 2 is 2.05 bits per heavy atom. The second-order valence-corrected chi connectivity index (χ2v) is 6.59. The molecule has 0 amide bonds. The van der Waals surface area contributed by atoms with Gasteiger partial charge in [0.15, 0.2) is 0 Å². The minimum atomic E-state index is 0.684. The lowest BCUT2D eigenvalue weighted by Crippen LogP contribution is -2.36. The monoisotopic (exact) mass is 339 g/mol. The summed E-state index contributed by atoms with van der Waals surface area (Å²) in [6.45, 7) is 3.29. The minimum absolute atomic E-state index is 0.684. The molecular weight excluding hydrogens is 314 g/mol. The third-order valence-corrected chi connectivity index (χ3v) is 4.96. The molecule has 0 aliphatic heterocycles. The Hall–Kier alpha value is -0.540. The van der Waals surface area contributed by atoms with Gasteiger partial charge in [-0.2, -0.15) is 0 Å². The van der Waals surface area contributed by atoms with Gasteiger partial charge in [-0.15, -0.1) is 0 Å². The number of methoxy groups -OCH3 is 1. The van der Waals surface area contributed by atoms with Crippen LogP contribution in [0.3, 0.4) is 0 Å². The zero-order valence-electron chi connectivity index (χ0n) is 12.6. The first-order valence-electron chi connectivity index (χ1n) is 7.80. The number of ether oxygens (including phenoxy) is 1. The summed E-state index contributed by atoms with van der Waals surface area (Å²) in [4.78, 5) is 0. The zero-order valence-corrected chi connectivity index (χ0v) is 14.2. The summed E-state index contributed by atoms with van der Waals surface area (Å²) in [5.74, 6) is 1.68. The van der Waals surface area contributed by atoms with E-state index < -0.39 is 0 Å². The van der Waals surface area contributed by atoms with Crippen molar-refractivity contribution in [1.82, 2.24) is 5.32 Å².